The van der Waals surface area contributed by atoms with Crippen LogP contribution in [-0.2, 0) is 9.53 Å². The number of ether oxygens (including phenoxy) is 1. The number of carbonyl (C=O) groups excluding carboxylic acids is 1. The van der Waals surface area contributed by atoms with Crippen LogP contribution in [0.25, 0.3) is 0 Å². The van der Waals surface area contributed by atoms with E-state index >= 15 is 0 Å². The van der Waals surface area contributed by atoms with E-state index in [0.29, 0.717) is 6.42 Å². The third-order valence-electron chi connectivity index (χ3n) is 1.84. The van der Waals surface area contributed by atoms with Crippen LogP contribution >= 0.6 is 0 Å². The van der Waals surface area contributed by atoms with E-state index in [1.807, 2.05) is 6.92 Å². The third kappa shape index (κ3) is 4.26. The van der Waals surface area contributed by atoms with Gasteiger partial charge in [0.15, 0.2) is 5.60 Å². The highest BCUT2D eigenvalue weighted by molar-refractivity contribution is 5.78. The van der Waals surface area contributed by atoms with E-state index < -0.39 is 11.6 Å². The molecule has 0 fully saturated rings. The number of methoxy groups -OCH3 is 1. The van der Waals surface area contributed by atoms with Crippen molar-refractivity contribution in [1.82, 2.24) is 5.32 Å². The van der Waals surface area contributed by atoms with Crippen molar-refractivity contribution in [3.05, 3.63) is 0 Å². The lowest BCUT2D eigenvalue weighted by molar-refractivity contribution is -0.160. The van der Waals surface area contributed by atoms with Crippen LogP contribution in [0.15, 0.2) is 0 Å². The summed E-state index contributed by atoms with van der Waals surface area (Å²) in [5, 5.41) is 12.6. The normalized spacial score (nSPS) is 16.5. The number of aliphatic hydroxyl groups is 1. The molecule has 2 unspecified atom stereocenters. The van der Waals surface area contributed by atoms with E-state index in [1.54, 1.807) is 0 Å². The zero-order chi connectivity index (χ0) is 11.2. The van der Waals surface area contributed by atoms with E-state index in [-0.39, 0.29) is 12.6 Å². The van der Waals surface area contributed by atoms with Crippen LogP contribution in [0.2, 0.25) is 0 Å². The van der Waals surface area contributed by atoms with Gasteiger partial charge in [-0.25, -0.2) is 4.79 Å². The fourth-order valence-corrected chi connectivity index (χ4v) is 0.914. The fraction of sp³-hybridized carbons (Fsp3) is 0.700. The van der Waals surface area contributed by atoms with Crippen LogP contribution in [0.1, 0.15) is 20.3 Å². The number of esters is 1. The van der Waals surface area contributed by atoms with Crippen LogP contribution in [0.5, 0.6) is 0 Å². The van der Waals surface area contributed by atoms with Gasteiger partial charge >= 0.3 is 5.97 Å². The van der Waals surface area contributed by atoms with Gasteiger partial charge in [0, 0.05) is 19.0 Å². The average Bonchev–Trinajstić information content (AvgIpc) is 2.14. The summed E-state index contributed by atoms with van der Waals surface area (Å²) in [5.41, 5.74) is -1.50. The van der Waals surface area contributed by atoms with Crippen molar-refractivity contribution in [2.45, 2.75) is 31.9 Å². The lowest BCUT2D eigenvalue weighted by atomic mass is 10.1. The molecule has 0 aliphatic carbocycles. The predicted molar refractivity (Wildman–Crippen MR) is 53.6 cm³/mol. The van der Waals surface area contributed by atoms with Crippen molar-refractivity contribution in [3.63, 3.8) is 0 Å². The first-order valence-corrected chi connectivity index (χ1v) is 4.41. The molecule has 0 aromatic heterocycles. The lowest BCUT2D eigenvalue weighted by Gasteiger charge is -2.22. The third-order valence-corrected chi connectivity index (χ3v) is 1.84. The molecule has 14 heavy (non-hydrogen) atoms. The topological polar surface area (TPSA) is 58.6 Å². The minimum absolute atomic E-state index is 0.0659. The van der Waals surface area contributed by atoms with E-state index in [0.717, 1.165) is 0 Å². The molecule has 0 aliphatic rings. The summed E-state index contributed by atoms with van der Waals surface area (Å²) < 4.78 is 4.44. The van der Waals surface area contributed by atoms with E-state index in [4.69, 9.17) is 6.42 Å². The fourth-order valence-electron chi connectivity index (χ4n) is 0.914. The van der Waals surface area contributed by atoms with Gasteiger partial charge in [-0.2, -0.15) is 0 Å². The first-order chi connectivity index (χ1) is 6.44. The highest BCUT2D eigenvalue weighted by Gasteiger charge is 2.31. The maximum absolute atomic E-state index is 11.1. The van der Waals surface area contributed by atoms with Crippen LogP contribution < -0.4 is 5.32 Å². The predicted octanol–water partition coefficient (Wildman–Crippen LogP) is -0.0882. The number of carbonyl (C=O) groups is 1. The van der Waals surface area contributed by atoms with Gasteiger partial charge in [0.1, 0.15) is 0 Å². The molecule has 4 heteroatoms. The molecule has 0 saturated carbocycles. The molecule has 0 aromatic rings. The average molecular weight is 199 g/mol. The molecular formula is C10H17NO3. The van der Waals surface area contributed by atoms with Gasteiger partial charge in [-0.15, -0.1) is 12.3 Å². The smallest absolute Gasteiger partial charge is 0.338 e. The SMILES string of the molecule is C#CCC(C)NCC(C)(O)C(=O)OC. The molecule has 0 radical (unpaired) electrons. The molecule has 0 heterocycles. The second-order valence-electron chi connectivity index (χ2n) is 3.46. The van der Waals surface area contributed by atoms with Crippen molar-refractivity contribution in [2.75, 3.05) is 13.7 Å². The molecule has 0 amide bonds. The van der Waals surface area contributed by atoms with E-state index in [1.165, 1.54) is 14.0 Å². The number of rotatable bonds is 5. The summed E-state index contributed by atoms with van der Waals surface area (Å²) in [4.78, 5) is 11.1. The Bertz CT molecular complexity index is 230. The monoisotopic (exact) mass is 199 g/mol. The molecule has 0 aromatic carbocycles. The van der Waals surface area contributed by atoms with Crippen LogP contribution in [0, 0.1) is 12.3 Å². The zero-order valence-electron chi connectivity index (χ0n) is 8.83. The van der Waals surface area contributed by atoms with Gasteiger partial charge in [0.2, 0.25) is 0 Å². The van der Waals surface area contributed by atoms with Crippen molar-refractivity contribution >= 4 is 5.97 Å². The highest BCUT2D eigenvalue weighted by Crippen LogP contribution is 2.04. The summed E-state index contributed by atoms with van der Waals surface area (Å²) >= 11 is 0. The van der Waals surface area contributed by atoms with Crippen molar-refractivity contribution in [3.8, 4) is 12.3 Å². The highest BCUT2D eigenvalue weighted by atomic mass is 16.5. The first kappa shape index (κ1) is 12.9. The molecule has 0 rings (SSSR count). The summed E-state index contributed by atoms with van der Waals surface area (Å²) in [6, 6.07) is 0.0659. The Hall–Kier alpha value is -1.05. The molecule has 2 atom stereocenters. The molecule has 0 bridgehead atoms. The first-order valence-electron chi connectivity index (χ1n) is 4.41. The molecule has 2 N–H and O–H groups in total. The minimum Gasteiger partial charge on any atom is -0.467 e. The Morgan fingerprint density at radius 3 is 2.79 bits per heavy atom. The largest absolute Gasteiger partial charge is 0.467 e. The molecule has 80 valence electrons. The molecule has 0 saturated heterocycles. The van der Waals surface area contributed by atoms with Crippen molar-refractivity contribution in [2.24, 2.45) is 0 Å². The summed E-state index contributed by atoms with van der Waals surface area (Å²) in [6.07, 6.45) is 5.66. The Kier molecular flexibility index (Phi) is 5.21. The number of terminal acetylenes is 1. The second kappa shape index (κ2) is 5.63. The van der Waals surface area contributed by atoms with Crippen LogP contribution in [0.4, 0.5) is 0 Å². The van der Waals surface area contributed by atoms with Crippen molar-refractivity contribution < 1.29 is 14.6 Å². The summed E-state index contributed by atoms with van der Waals surface area (Å²) in [5.74, 6) is 1.83. The second-order valence-corrected chi connectivity index (χ2v) is 3.46. The van der Waals surface area contributed by atoms with Gasteiger partial charge in [-0.1, -0.05) is 0 Å². The summed E-state index contributed by atoms with van der Waals surface area (Å²) in [6.45, 7) is 3.41. The standard InChI is InChI=1S/C10H17NO3/c1-5-6-8(2)11-7-10(3,13)9(12)14-4/h1,8,11,13H,6-7H2,2-4H3. The Balaban J connectivity index is 3.99. The molecule has 4 nitrogen and oxygen atoms in total. The Morgan fingerprint density at radius 1 is 1.79 bits per heavy atom. The van der Waals surface area contributed by atoms with E-state index in [9.17, 15) is 9.90 Å². The number of hydrogen-bond acceptors (Lipinski definition) is 4. The molecular weight excluding hydrogens is 182 g/mol. The van der Waals surface area contributed by atoms with Gasteiger partial charge in [0.05, 0.1) is 7.11 Å². The minimum atomic E-state index is -1.50. The van der Waals surface area contributed by atoms with E-state index in [2.05, 4.69) is 16.0 Å². The molecule has 0 spiro atoms. The van der Waals surface area contributed by atoms with Crippen LogP contribution in [-0.4, -0.2) is 36.4 Å². The number of hydrogen-bond donors (Lipinski definition) is 2. The van der Waals surface area contributed by atoms with Crippen LogP contribution in [0.3, 0.4) is 0 Å². The van der Waals surface area contributed by atoms with Gasteiger partial charge in [-0.3, -0.25) is 0 Å². The number of nitrogens with one attached hydrogen (secondary N) is 1. The lowest BCUT2D eigenvalue weighted by Crippen LogP contribution is -2.47. The molecule has 0 aliphatic heterocycles. The maximum Gasteiger partial charge on any atom is 0.338 e. The van der Waals surface area contributed by atoms with Crippen molar-refractivity contribution in [1.29, 1.82) is 0 Å². The zero-order valence-corrected chi connectivity index (χ0v) is 8.83. The maximum atomic E-state index is 11.1. The summed E-state index contributed by atoms with van der Waals surface area (Å²) in [7, 11) is 1.24. The quantitative estimate of drug-likeness (QED) is 0.480. The van der Waals surface area contributed by atoms with Gasteiger partial charge < -0.3 is 15.2 Å². The Labute approximate surface area is 84.6 Å². The van der Waals surface area contributed by atoms with Gasteiger partial charge in [0.25, 0.3) is 0 Å². The van der Waals surface area contributed by atoms with Gasteiger partial charge in [-0.05, 0) is 13.8 Å². The Morgan fingerprint density at radius 2 is 2.36 bits per heavy atom.